The first-order valence-corrected chi connectivity index (χ1v) is 8.33. The van der Waals surface area contributed by atoms with E-state index in [1.807, 2.05) is 0 Å². The Morgan fingerprint density at radius 1 is 1.15 bits per heavy atom. The first-order chi connectivity index (χ1) is 12.4. The number of nitro groups is 1. The van der Waals surface area contributed by atoms with Crippen LogP contribution in [0.15, 0.2) is 18.2 Å². The lowest BCUT2D eigenvalue weighted by Crippen LogP contribution is -2.40. The van der Waals surface area contributed by atoms with Gasteiger partial charge in [-0.25, -0.2) is 4.90 Å². The van der Waals surface area contributed by atoms with Crippen LogP contribution < -0.4 is 4.90 Å². The van der Waals surface area contributed by atoms with Gasteiger partial charge in [0, 0.05) is 6.07 Å². The van der Waals surface area contributed by atoms with Gasteiger partial charge in [0.1, 0.15) is 5.56 Å². The topological polar surface area (TPSA) is 89.8 Å². The molecule has 0 spiro atoms. The highest BCUT2D eigenvalue weighted by Gasteiger charge is 2.72. The second-order valence-corrected chi connectivity index (χ2v) is 7.65. The van der Waals surface area contributed by atoms with Crippen LogP contribution in [0, 0.1) is 22.0 Å². The average molecular weight is 384 g/mol. The highest BCUT2D eigenvalue weighted by Crippen LogP contribution is 2.61. The Labute approximate surface area is 151 Å². The highest BCUT2D eigenvalue weighted by atomic mass is 19.4. The summed E-state index contributed by atoms with van der Waals surface area (Å²) in [5.41, 5.74) is -4.63. The van der Waals surface area contributed by atoms with Crippen LogP contribution >= 0.6 is 0 Å². The quantitative estimate of drug-likeness (QED) is 0.444. The fourth-order valence-electron chi connectivity index (χ4n) is 4.77. The van der Waals surface area contributed by atoms with E-state index in [0.717, 1.165) is 11.0 Å². The smallest absolute Gasteiger partial charge is 0.367 e. The summed E-state index contributed by atoms with van der Waals surface area (Å²) in [4.78, 5) is 36.3. The van der Waals surface area contributed by atoms with E-state index in [1.165, 1.54) is 0 Å². The lowest BCUT2D eigenvalue weighted by molar-refractivity contribution is -0.388. The fourth-order valence-corrected chi connectivity index (χ4v) is 4.77. The molecule has 27 heavy (non-hydrogen) atoms. The standard InChI is InChI=1S/C17H15F3N2O5/c1-15-5-6-16(2,27-15)12-11(15)13(23)21(14(12)24)8-3-4-10(22(25)26)9(7-8)17(18,19)20/h3-4,7,11-12H,5-6H2,1-2H3. The molecule has 3 heterocycles. The van der Waals surface area contributed by atoms with Gasteiger partial charge in [0.15, 0.2) is 0 Å². The third-order valence-corrected chi connectivity index (χ3v) is 5.95. The largest absolute Gasteiger partial charge is 0.423 e. The van der Waals surface area contributed by atoms with Crippen molar-refractivity contribution < 1.29 is 32.4 Å². The van der Waals surface area contributed by atoms with Crippen LogP contribution in [0.3, 0.4) is 0 Å². The number of nitro benzene ring substituents is 1. The van der Waals surface area contributed by atoms with Crippen LogP contribution in [0.25, 0.3) is 0 Å². The number of nitrogens with zero attached hydrogens (tertiary/aromatic N) is 2. The molecule has 0 N–H and O–H groups in total. The first kappa shape index (κ1) is 17.9. The van der Waals surface area contributed by atoms with Gasteiger partial charge in [-0.2, -0.15) is 13.2 Å². The van der Waals surface area contributed by atoms with Crippen molar-refractivity contribution in [3.63, 3.8) is 0 Å². The maximum Gasteiger partial charge on any atom is 0.423 e. The molecular formula is C17H15F3N2O5. The Morgan fingerprint density at radius 2 is 1.67 bits per heavy atom. The van der Waals surface area contributed by atoms with Gasteiger partial charge >= 0.3 is 6.18 Å². The summed E-state index contributed by atoms with van der Waals surface area (Å²) in [7, 11) is 0. The highest BCUT2D eigenvalue weighted by molar-refractivity contribution is 6.23. The van der Waals surface area contributed by atoms with Gasteiger partial charge in [-0.3, -0.25) is 19.7 Å². The number of carbonyl (C=O) groups excluding carboxylic acids is 2. The maximum absolute atomic E-state index is 13.2. The summed E-state index contributed by atoms with van der Waals surface area (Å²) in [5, 5.41) is 10.9. The van der Waals surface area contributed by atoms with Gasteiger partial charge < -0.3 is 4.74 Å². The van der Waals surface area contributed by atoms with Crippen molar-refractivity contribution >= 4 is 23.2 Å². The number of anilines is 1. The Balaban J connectivity index is 1.81. The van der Waals surface area contributed by atoms with Crippen LogP contribution in [-0.4, -0.2) is 27.9 Å². The molecule has 1 aromatic carbocycles. The number of fused-ring (bicyclic) bond motifs is 5. The van der Waals surface area contributed by atoms with Crippen LogP contribution in [0.1, 0.15) is 32.3 Å². The normalized spacial score (nSPS) is 35.1. The minimum Gasteiger partial charge on any atom is -0.367 e. The lowest BCUT2D eigenvalue weighted by Gasteiger charge is -2.27. The zero-order valence-corrected chi connectivity index (χ0v) is 14.4. The van der Waals surface area contributed by atoms with Crippen molar-refractivity contribution in [1.29, 1.82) is 0 Å². The second kappa shape index (κ2) is 5.06. The van der Waals surface area contributed by atoms with E-state index in [0.29, 0.717) is 25.0 Å². The molecule has 2 bridgehead atoms. The molecule has 3 aliphatic heterocycles. The van der Waals surface area contributed by atoms with Crippen molar-refractivity contribution in [3.8, 4) is 0 Å². The molecule has 10 heteroatoms. The number of alkyl halides is 3. The maximum atomic E-state index is 13.2. The van der Waals surface area contributed by atoms with Crippen molar-refractivity contribution in [2.75, 3.05) is 4.90 Å². The average Bonchev–Trinajstić information content (AvgIpc) is 3.10. The number of benzene rings is 1. The Hall–Kier alpha value is -2.49. The summed E-state index contributed by atoms with van der Waals surface area (Å²) < 4.78 is 45.7. The van der Waals surface area contributed by atoms with Crippen LogP contribution in [-0.2, 0) is 20.5 Å². The number of rotatable bonds is 2. The van der Waals surface area contributed by atoms with Crippen molar-refractivity contribution in [3.05, 3.63) is 33.9 Å². The summed E-state index contributed by atoms with van der Waals surface area (Å²) in [6.07, 6.45) is -3.85. The third-order valence-electron chi connectivity index (χ3n) is 5.95. The molecule has 4 rings (SSSR count). The molecule has 3 saturated heterocycles. The number of halogens is 3. The van der Waals surface area contributed by atoms with E-state index >= 15 is 0 Å². The third kappa shape index (κ3) is 2.25. The van der Waals surface area contributed by atoms with Crippen molar-refractivity contribution in [1.82, 2.24) is 0 Å². The second-order valence-electron chi connectivity index (χ2n) is 7.65. The SMILES string of the molecule is CC12CCC(C)(O1)C1C(=O)N(c3ccc([N+](=O)[O-])c(C(F)(F)F)c3)C(=O)C12. The molecule has 4 unspecified atom stereocenters. The molecule has 144 valence electrons. The number of carbonyl (C=O) groups is 2. The Morgan fingerprint density at radius 3 is 2.11 bits per heavy atom. The molecule has 2 amide bonds. The Bertz CT molecular complexity index is 867. The van der Waals surface area contributed by atoms with Gasteiger partial charge in [-0.15, -0.1) is 0 Å². The number of ether oxygens (including phenoxy) is 1. The van der Waals surface area contributed by atoms with Gasteiger partial charge in [0.05, 0.1) is 33.6 Å². The van der Waals surface area contributed by atoms with Gasteiger partial charge in [0.2, 0.25) is 11.8 Å². The van der Waals surface area contributed by atoms with E-state index in [9.17, 15) is 32.9 Å². The molecule has 0 saturated carbocycles. The minimum atomic E-state index is -5.00. The lowest BCUT2D eigenvalue weighted by atomic mass is 9.69. The van der Waals surface area contributed by atoms with Crippen molar-refractivity contribution in [2.24, 2.45) is 11.8 Å². The molecule has 0 radical (unpaired) electrons. The van der Waals surface area contributed by atoms with E-state index in [2.05, 4.69) is 0 Å². The van der Waals surface area contributed by atoms with Crippen LogP contribution in [0.4, 0.5) is 24.5 Å². The van der Waals surface area contributed by atoms with E-state index in [-0.39, 0.29) is 5.69 Å². The molecule has 0 aromatic heterocycles. The van der Waals surface area contributed by atoms with Gasteiger partial charge in [-0.05, 0) is 38.8 Å². The molecule has 7 nitrogen and oxygen atoms in total. The molecule has 3 aliphatic rings. The number of hydrogen-bond donors (Lipinski definition) is 0. The summed E-state index contributed by atoms with van der Waals surface area (Å²) >= 11 is 0. The zero-order chi connectivity index (χ0) is 19.9. The number of imide groups is 1. The van der Waals surface area contributed by atoms with Crippen molar-refractivity contribution in [2.45, 2.75) is 44.1 Å². The first-order valence-electron chi connectivity index (χ1n) is 8.33. The van der Waals surface area contributed by atoms with Gasteiger partial charge in [0.25, 0.3) is 5.69 Å². The number of amides is 2. The van der Waals surface area contributed by atoms with E-state index in [4.69, 9.17) is 4.74 Å². The summed E-state index contributed by atoms with van der Waals surface area (Å²) in [5.74, 6) is -2.79. The molecule has 0 aliphatic carbocycles. The van der Waals surface area contributed by atoms with E-state index in [1.54, 1.807) is 13.8 Å². The predicted octanol–water partition coefficient (Wildman–Crippen LogP) is 3.06. The summed E-state index contributed by atoms with van der Waals surface area (Å²) in [6, 6.07) is 2.15. The summed E-state index contributed by atoms with van der Waals surface area (Å²) in [6.45, 7) is 3.46. The minimum absolute atomic E-state index is 0.316. The predicted molar refractivity (Wildman–Crippen MR) is 84.7 cm³/mol. The van der Waals surface area contributed by atoms with Crippen LogP contribution in [0.2, 0.25) is 0 Å². The monoisotopic (exact) mass is 384 g/mol. The van der Waals surface area contributed by atoms with Crippen LogP contribution in [0.5, 0.6) is 0 Å². The molecule has 4 atom stereocenters. The Kier molecular flexibility index (Phi) is 3.36. The number of hydrogen-bond acceptors (Lipinski definition) is 5. The molecule has 1 aromatic rings. The van der Waals surface area contributed by atoms with E-state index < -0.39 is 57.2 Å². The molecule has 3 fully saturated rings. The molecular weight excluding hydrogens is 369 g/mol. The zero-order valence-electron chi connectivity index (χ0n) is 14.4. The fraction of sp³-hybridized carbons (Fsp3) is 0.529. The van der Waals surface area contributed by atoms with Gasteiger partial charge in [-0.1, -0.05) is 0 Å².